The van der Waals surface area contributed by atoms with Crippen LogP contribution in [-0.2, 0) is 4.79 Å². The Balaban J connectivity index is 2.29. The average Bonchev–Trinajstić information content (AvgIpc) is 2.28. The Morgan fingerprint density at radius 3 is 2.60 bits per heavy atom. The summed E-state index contributed by atoms with van der Waals surface area (Å²) < 4.78 is 26.2. The first-order chi connectivity index (χ1) is 9.28. The number of Topliss-reactive ketones (excluding diaryl/α,β-unsaturated/α-hetero) is 1. The summed E-state index contributed by atoms with van der Waals surface area (Å²) in [7, 11) is 0. The fraction of sp³-hybridized carbons (Fsp3) is 0.333. The van der Waals surface area contributed by atoms with Crippen LogP contribution in [0.3, 0.4) is 0 Å². The Bertz CT molecular complexity index is 618. The third-order valence-electron chi connectivity index (χ3n) is 3.14. The largest absolute Gasteiger partial charge is 0.511 e. The molecular weight excluding hydrogens is 264 g/mol. The van der Waals surface area contributed by atoms with Gasteiger partial charge in [0.25, 0.3) is 0 Å². The average molecular weight is 279 g/mol. The molecule has 1 aliphatic carbocycles. The maximum absolute atomic E-state index is 13.4. The molecular formula is C15H15F2NO2. The molecule has 0 heterocycles. The predicted octanol–water partition coefficient (Wildman–Crippen LogP) is 3.87. The Morgan fingerprint density at radius 2 is 2.00 bits per heavy atom. The van der Waals surface area contributed by atoms with Crippen molar-refractivity contribution in [1.82, 2.24) is 0 Å². The maximum atomic E-state index is 13.4. The van der Waals surface area contributed by atoms with Crippen molar-refractivity contribution in [2.24, 2.45) is 10.4 Å². The molecule has 0 unspecified atom stereocenters. The van der Waals surface area contributed by atoms with Gasteiger partial charge in [-0.15, -0.1) is 0 Å². The van der Waals surface area contributed by atoms with E-state index in [0.29, 0.717) is 18.9 Å². The molecule has 1 aromatic rings. The summed E-state index contributed by atoms with van der Waals surface area (Å²) in [4.78, 5) is 15.7. The molecule has 0 aromatic heterocycles. The highest BCUT2D eigenvalue weighted by Gasteiger charge is 2.32. The summed E-state index contributed by atoms with van der Waals surface area (Å²) in [5.74, 6) is -1.79. The molecule has 3 nitrogen and oxygen atoms in total. The van der Waals surface area contributed by atoms with E-state index in [0.717, 1.165) is 12.3 Å². The van der Waals surface area contributed by atoms with Crippen LogP contribution in [0, 0.1) is 17.0 Å². The second kappa shape index (κ2) is 5.15. The van der Waals surface area contributed by atoms with E-state index in [2.05, 4.69) is 4.99 Å². The van der Waals surface area contributed by atoms with Gasteiger partial charge in [0, 0.05) is 25.1 Å². The quantitative estimate of drug-likeness (QED) is 0.835. The van der Waals surface area contributed by atoms with Gasteiger partial charge >= 0.3 is 0 Å². The van der Waals surface area contributed by atoms with Crippen LogP contribution in [0.5, 0.6) is 0 Å². The first-order valence-electron chi connectivity index (χ1n) is 6.23. The number of carbonyl (C=O) groups excluding carboxylic acids is 1. The number of aliphatic imine (C=N–C) groups is 1. The Labute approximate surface area is 115 Å². The van der Waals surface area contributed by atoms with Crippen LogP contribution in [0.15, 0.2) is 34.5 Å². The molecule has 0 radical (unpaired) electrons. The van der Waals surface area contributed by atoms with Gasteiger partial charge in [0.15, 0.2) is 11.6 Å². The van der Waals surface area contributed by atoms with Crippen molar-refractivity contribution in [3.8, 4) is 0 Å². The molecule has 0 bridgehead atoms. The zero-order valence-electron chi connectivity index (χ0n) is 11.3. The molecule has 0 spiro atoms. The summed E-state index contributed by atoms with van der Waals surface area (Å²) in [5.41, 5.74) is -0.281. The number of carbonyl (C=O) groups is 1. The molecule has 5 heteroatoms. The summed E-state index contributed by atoms with van der Waals surface area (Å²) >= 11 is 0. The number of aliphatic hydroxyl groups excluding tert-OH is 1. The number of benzene rings is 1. The number of halogens is 2. The van der Waals surface area contributed by atoms with E-state index in [4.69, 9.17) is 0 Å². The fourth-order valence-electron chi connectivity index (χ4n) is 2.17. The first-order valence-corrected chi connectivity index (χ1v) is 6.23. The van der Waals surface area contributed by atoms with Crippen LogP contribution in [0.25, 0.3) is 0 Å². The van der Waals surface area contributed by atoms with Crippen LogP contribution >= 0.6 is 0 Å². The van der Waals surface area contributed by atoms with Gasteiger partial charge in [-0.25, -0.2) is 8.78 Å². The van der Waals surface area contributed by atoms with Gasteiger partial charge in [-0.05, 0) is 17.5 Å². The summed E-state index contributed by atoms with van der Waals surface area (Å²) in [5, 5.41) is 9.88. The van der Waals surface area contributed by atoms with E-state index in [1.165, 1.54) is 6.07 Å². The Morgan fingerprint density at radius 1 is 1.30 bits per heavy atom. The molecule has 1 aromatic carbocycles. The molecule has 0 atom stereocenters. The number of aliphatic hydroxyl groups is 1. The van der Waals surface area contributed by atoms with Crippen molar-refractivity contribution in [3.63, 3.8) is 0 Å². The van der Waals surface area contributed by atoms with Crippen LogP contribution in [0.1, 0.15) is 26.7 Å². The van der Waals surface area contributed by atoms with E-state index in [9.17, 15) is 18.7 Å². The van der Waals surface area contributed by atoms with Crippen molar-refractivity contribution >= 4 is 17.7 Å². The highest BCUT2D eigenvalue weighted by atomic mass is 19.1. The molecule has 0 amide bonds. The van der Waals surface area contributed by atoms with Crippen molar-refractivity contribution in [3.05, 3.63) is 41.2 Å². The second-order valence-electron chi connectivity index (χ2n) is 5.66. The summed E-state index contributed by atoms with van der Waals surface area (Å²) in [6.07, 6.45) is 1.81. The SMILES string of the molecule is CC1(C)CC(=O)C(C=Nc2ccc(F)cc2F)=C(O)C1. The minimum atomic E-state index is -0.815. The van der Waals surface area contributed by atoms with Crippen molar-refractivity contribution < 1.29 is 18.7 Å². The molecule has 0 saturated carbocycles. The summed E-state index contributed by atoms with van der Waals surface area (Å²) in [6.45, 7) is 3.77. The van der Waals surface area contributed by atoms with Crippen molar-refractivity contribution in [2.75, 3.05) is 0 Å². The highest BCUT2D eigenvalue weighted by Crippen LogP contribution is 2.35. The lowest BCUT2D eigenvalue weighted by atomic mass is 9.77. The highest BCUT2D eigenvalue weighted by molar-refractivity contribution is 6.14. The fourth-order valence-corrected chi connectivity index (χ4v) is 2.17. The molecule has 1 aliphatic rings. The number of hydrogen-bond acceptors (Lipinski definition) is 3. The van der Waals surface area contributed by atoms with E-state index >= 15 is 0 Å². The maximum Gasteiger partial charge on any atom is 0.168 e. The number of allylic oxidation sites excluding steroid dienone is 2. The van der Waals surface area contributed by atoms with Gasteiger partial charge in [-0.2, -0.15) is 0 Å². The van der Waals surface area contributed by atoms with Gasteiger partial charge in [0.1, 0.15) is 11.6 Å². The molecule has 0 saturated heterocycles. The first kappa shape index (κ1) is 14.4. The van der Waals surface area contributed by atoms with E-state index in [-0.39, 0.29) is 28.2 Å². The van der Waals surface area contributed by atoms with Crippen LogP contribution in [0.4, 0.5) is 14.5 Å². The second-order valence-corrected chi connectivity index (χ2v) is 5.66. The molecule has 0 fully saturated rings. The third-order valence-corrected chi connectivity index (χ3v) is 3.14. The zero-order chi connectivity index (χ0) is 14.9. The molecule has 1 N–H and O–H groups in total. The molecule has 20 heavy (non-hydrogen) atoms. The number of hydrogen-bond donors (Lipinski definition) is 1. The molecule has 106 valence electrons. The minimum Gasteiger partial charge on any atom is -0.511 e. The number of ketones is 1. The van der Waals surface area contributed by atoms with Crippen LogP contribution in [0.2, 0.25) is 0 Å². The smallest absolute Gasteiger partial charge is 0.168 e. The Kier molecular flexibility index (Phi) is 3.70. The van der Waals surface area contributed by atoms with Crippen LogP contribution in [-0.4, -0.2) is 17.1 Å². The Hall–Kier alpha value is -2.04. The standard InChI is InChI=1S/C15H15F2NO2/c1-15(2)6-13(19)10(14(20)7-15)8-18-12-4-3-9(16)5-11(12)17/h3-5,8,19H,6-7H2,1-2H3. The number of rotatable bonds is 2. The minimum absolute atomic E-state index is 0.0440. The van der Waals surface area contributed by atoms with Gasteiger partial charge in [-0.3, -0.25) is 9.79 Å². The van der Waals surface area contributed by atoms with E-state index < -0.39 is 11.6 Å². The van der Waals surface area contributed by atoms with Gasteiger partial charge in [-0.1, -0.05) is 13.8 Å². The molecule has 0 aliphatic heterocycles. The van der Waals surface area contributed by atoms with Crippen LogP contribution < -0.4 is 0 Å². The third kappa shape index (κ3) is 3.10. The van der Waals surface area contributed by atoms with E-state index in [1.807, 2.05) is 13.8 Å². The lowest BCUT2D eigenvalue weighted by Crippen LogP contribution is -2.26. The zero-order valence-corrected chi connectivity index (χ0v) is 11.3. The van der Waals surface area contributed by atoms with Crippen molar-refractivity contribution in [1.29, 1.82) is 0 Å². The summed E-state index contributed by atoms with van der Waals surface area (Å²) in [6, 6.07) is 2.97. The topological polar surface area (TPSA) is 49.7 Å². The monoisotopic (exact) mass is 279 g/mol. The predicted molar refractivity (Wildman–Crippen MR) is 72.2 cm³/mol. The van der Waals surface area contributed by atoms with Gasteiger partial charge in [0.2, 0.25) is 0 Å². The van der Waals surface area contributed by atoms with Crippen molar-refractivity contribution in [2.45, 2.75) is 26.7 Å². The van der Waals surface area contributed by atoms with E-state index in [1.54, 1.807) is 0 Å². The number of nitrogens with zero attached hydrogens (tertiary/aromatic N) is 1. The normalized spacial score (nSPS) is 18.9. The lowest BCUT2D eigenvalue weighted by Gasteiger charge is -2.28. The molecule has 2 rings (SSSR count). The van der Waals surface area contributed by atoms with Gasteiger partial charge < -0.3 is 5.11 Å². The van der Waals surface area contributed by atoms with Gasteiger partial charge in [0.05, 0.1) is 11.3 Å². The lowest BCUT2D eigenvalue weighted by molar-refractivity contribution is -0.117.